The summed E-state index contributed by atoms with van der Waals surface area (Å²) in [5.74, 6) is 1.57. The maximum Gasteiger partial charge on any atom is 0.409 e. The molecule has 136 valence electrons. The van der Waals surface area contributed by atoms with Crippen molar-refractivity contribution in [2.75, 3.05) is 33.3 Å². The van der Waals surface area contributed by atoms with Crippen LogP contribution in [0.2, 0.25) is 0 Å². The SMILES string of the molecule is COC(=O)N1CCN(C(=O)Cc2ccc(Oc3ccccc3)cc2)CC1. The molecular weight excluding hydrogens is 332 g/mol. The number of carbonyl (C=O) groups is 2. The van der Waals surface area contributed by atoms with Crippen LogP contribution in [0.5, 0.6) is 11.5 Å². The first-order valence-corrected chi connectivity index (χ1v) is 8.58. The summed E-state index contributed by atoms with van der Waals surface area (Å²) in [6, 6.07) is 17.1. The molecule has 1 aliphatic rings. The van der Waals surface area contributed by atoms with Gasteiger partial charge in [-0.2, -0.15) is 0 Å². The molecule has 0 saturated carbocycles. The zero-order valence-electron chi connectivity index (χ0n) is 14.8. The van der Waals surface area contributed by atoms with Crippen molar-refractivity contribution in [3.8, 4) is 11.5 Å². The highest BCUT2D eigenvalue weighted by Gasteiger charge is 2.24. The van der Waals surface area contributed by atoms with Crippen molar-refractivity contribution in [3.05, 3.63) is 60.2 Å². The van der Waals surface area contributed by atoms with E-state index in [0.717, 1.165) is 17.1 Å². The smallest absolute Gasteiger partial charge is 0.409 e. The maximum absolute atomic E-state index is 12.4. The summed E-state index contributed by atoms with van der Waals surface area (Å²) in [5.41, 5.74) is 0.936. The van der Waals surface area contributed by atoms with Crippen LogP contribution >= 0.6 is 0 Å². The quantitative estimate of drug-likeness (QED) is 0.847. The average molecular weight is 354 g/mol. The monoisotopic (exact) mass is 354 g/mol. The minimum absolute atomic E-state index is 0.0613. The van der Waals surface area contributed by atoms with Crippen molar-refractivity contribution in [2.45, 2.75) is 6.42 Å². The van der Waals surface area contributed by atoms with Crippen LogP contribution in [0.25, 0.3) is 0 Å². The number of carbonyl (C=O) groups excluding carboxylic acids is 2. The fourth-order valence-electron chi connectivity index (χ4n) is 2.85. The number of hydrogen-bond acceptors (Lipinski definition) is 4. The summed E-state index contributed by atoms with van der Waals surface area (Å²) >= 11 is 0. The zero-order chi connectivity index (χ0) is 18.4. The van der Waals surface area contributed by atoms with Crippen molar-refractivity contribution in [2.24, 2.45) is 0 Å². The highest BCUT2D eigenvalue weighted by molar-refractivity contribution is 5.79. The van der Waals surface area contributed by atoms with Gasteiger partial charge in [0.15, 0.2) is 0 Å². The molecule has 1 aliphatic heterocycles. The van der Waals surface area contributed by atoms with Crippen molar-refractivity contribution in [1.82, 2.24) is 9.80 Å². The molecule has 0 spiro atoms. The number of ether oxygens (including phenoxy) is 2. The first-order valence-electron chi connectivity index (χ1n) is 8.58. The first-order chi connectivity index (χ1) is 12.7. The zero-order valence-corrected chi connectivity index (χ0v) is 14.8. The minimum Gasteiger partial charge on any atom is -0.457 e. The van der Waals surface area contributed by atoms with Gasteiger partial charge in [-0.15, -0.1) is 0 Å². The Labute approximate surface area is 152 Å². The van der Waals surface area contributed by atoms with Gasteiger partial charge in [0, 0.05) is 26.2 Å². The topological polar surface area (TPSA) is 59.1 Å². The van der Waals surface area contributed by atoms with E-state index >= 15 is 0 Å². The summed E-state index contributed by atoms with van der Waals surface area (Å²) in [7, 11) is 1.37. The van der Waals surface area contributed by atoms with Crippen LogP contribution in [0.4, 0.5) is 4.79 Å². The summed E-state index contributed by atoms with van der Waals surface area (Å²) in [5, 5.41) is 0. The summed E-state index contributed by atoms with van der Waals surface area (Å²) in [6.07, 6.45) is -0.00443. The number of benzene rings is 2. The van der Waals surface area contributed by atoms with Gasteiger partial charge in [0.2, 0.25) is 5.91 Å². The lowest BCUT2D eigenvalue weighted by Crippen LogP contribution is -2.50. The van der Waals surface area contributed by atoms with Crippen LogP contribution in [0, 0.1) is 0 Å². The molecule has 0 bridgehead atoms. The Morgan fingerprint density at radius 3 is 2.04 bits per heavy atom. The van der Waals surface area contributed by atoms with E-state index in [0.29, 0.717) is 32.6 Å². The molecule has 2 aromatic carbocycles. The number of nitrogens with zero attached hydrogens (tertiary/aromatic N) is 2. The summed E-state index contributed by atoms with van der Waals surface area (Å²) in [6.45, 7) is 2.07. The van der Waals surface area contributed by atoms with Gasteiger partial charge < -0.3 is 19.3 Å². The highest BCUT2D eigenvalue weighted by atomic mass is 16.5. The molecule has 0 unspecified atom stereocenters. The molecule has 0 atom stereocenters. The van der Waals surface area contributed by atoms with E-state index in [1.54, 1.807) is 9.80 Å². The molecule has 1 saturated heterocycles. The molecule has 1 heterocycles. The molecule has 6 nitrogen and oxygen atoms in total. The van der Waals surface area contributed by atoms with Gasteiger partial charge in [0.1, 0.15) is 11.5 Å². The Balaban J connectivity index is 1.51. The normalized spacial score (nSPS) is 14.0. The second-order valence-corrected chi connectivity index (χ2v) is 6.07. The van der Waals surface area contributed by atoms with Gasteiger partial charge in [-0.25, -0.2) is 4.79 Å². The minimum atomic E-state index is -0.342. The fraction of sp³-hybridized carbons (Fsp3) is 0.300. The van der Waals surface area contributed by atoms with Crippen molar-refractivity contribution in [3.63, 3.8) is 0 Å². The number of amides is 2. The van der Waals surface area contributed by atoms with Crippen LogP contribution < -0.4 is 4.74 Å². The lowest BCUT2D eigenvalue weighted by atomic mass is 10.1. The molecule has 3 rings (SSSR count). The average Bonchev–Trinajstić information content (AvgIpc) is 2.70. The molecule has 0 aromatic heterocycles. The molecule has 6 heteroatoms. The van der Waals surface area contributed by atoms with Crippen LogP contribution in [-0.2, 0) is 16.0 Å². The van der Waals surface area contributed by atoms with Gasteiger partial charge in [-0.1, -0.05) is 30.3 Å². The molecule has 26 heavy (non-hydrogen) atoms. The Bertz CT molecular complexity index is 738. The molecule has 0 aliphatic carbocycles. The first kappa shape index (κ1) is 17.8. The fourth-order valence-corrected chi connectivity index (χ4v) is 2.85. The lowest BCUT2D eigenvalue weighted by Gasteiger charge is -2.33. The molecule has 1 fully saturated rings. The molecule has 2 amide bonds. The highest BCUT2D eigenvalue weighted by Crippen LogP contribution is 2.21. The summed E-state index contributed by atoms with van der Waals surface area (Å²) in [4.78, 5) is 27.3. The predicted molar refractivity (Wildman–Crippen MR) is 97.2 cm³/mol. The van der Waals surface area contributed by atoms with Crippen LogP contribution in [-0.4, -0.2) is 55.1 Å². The van der Waals surface area contributed by atoms with Crippen molar-refractivity contribution < 1.29 is 19.1 Å². The van der Waals surface area contributed by atoms with E-state index in [1.807, 2.05) is 54.6 Å². The van der Waals surface area contributed by atoms with E-state index in [-0.39, 0.29) is 12.0 Å². The maximum atomic E-state index is 12.4. The molecule has 0 radical (unpaired) electrons. The predicted octanol–water partition coefficient (Wildman–Crippen LogP) is 2.93. The van der Waals surface area contributed by atoms with Gasteiger partial charge in [-0.3, -0.25) is 4.79 Å². The third kappa shape index (κ3) is 4.53. The Morgan fingerprint density at radius 1 is 0.846 bits per heavy atom. The third-order valence-electron chi connectivity index (χ3n) is 4.32. The van der Waals surface area contributed by atoms with Gasteiger partial charge >= 0.3 is 6.09 Å². The molecule has 2 aromatic rings. The van der Waals surface area contributed by atoms with E-state index in [1.165, 1.54) is 7.11 Å². The van der Waals surface area contributed by atoms with E-state index in [2.05, 4.69) is 0 Å². The van der Waals surface area contributed by atoms with E-state index in [9.17, 15) is 9.59 Å². The van der Waals surface area contributed by atoms with E-state index < -0.39 is 0 Å². The van der Waals surface area contributed by atoms with Crippen molar-refractivity contribution in [1.29, 1.82) is 0 Å². The Kier molecular flexibility index (Phi) is 5.73. The van der Waals surface area contributed by atoms with Crippen LogP contribution in [0.1, 0.15) is 5.56 Å². The third-order valence-corrected chi connectivity index (χ3v) is 4.32. The number of para-hydroxylation sites is 1. The van der Waals surface area contributed by atoms with Crippen LogP contribution in [0.15, 0.2) is 54.6 Å². The number of rotatable bonds is 4. The Hall–Kier alpha value is -3.02. The second kappa shape index (κ2) is 8.38. The second-order valence-electron chi connectivity index (χ2n) is 6.07. The van der Waals surface area contributed by atoms with Gasteiger partial charge in [0.25, 0.3) is 0 Å². The van der Waals surface area contributed by atoms with Gasteiger partial charge in [0.05, 0.1) is 13.5 Å². The van der Waals surface area contributed by atoms with E-state index in [4.69, 9.17) is 9.47 Å². The lowest BCUT2D eigenvalue weighted by molar-refractivity contribution is -0.132. The molecular formula is C20H22N2O4. The van der Waals surface area contributed by atoms with Crippen LogP contribution in [0.3, 0.4) is 0 Å². The van der Waals surface area contributed by atoms with Gasteiger partial charge in [-0.05, 0) is 29.8 Å². The number of hydrogen-bond donors (Lipinski definition) is 0. The molecule has 0 N–H and O–H groups in total. The summed E-state index contributed by atoms with van der Waals surface area (Å²) < 4.78 is 10.5. The standard InChI is InChI=1S/C20H22N2O4/c1-25-20(24)22-13-11-21(12-14-22)19(23)15-16-7-9-18(10-8-16)26-17-5-3-2-4-6-17/h2-10H,11-15H2,1H3. The Morgan fingerprint density at radius 2 is 1.42 bits per heavy atom. The number of piperazine rings is 1. The number of methoxy groups -OCH3 is 1. The largest absolute Gasteiger partial charge is 0.457 e. The van der Waals surface area contributed by atoms with Crippen molar-refractivity contribution >= 4 is 12.0 Å².